The zero-order valence-electron chi connectivity index (χ0n) is 8.89. The third-order valence-electron chi connectivity index (χ3n) is 2.48. The number of rotatable bonds is 2. The molecule has 0 unspecified atom stereocenters. The van der Waals surface area contributed by atoms with E-state index in [2.05, 4.69) is 29.1 Å². The standard InChI is InChI=1S/C12H13FNSi/c1-7(2)3-8-6-14-11-5-12(15)10(13)4-9(8)11/h4-7,14H,3H2,1-2H3. The molecule has 77 valence electrons. The van der Waals surface area contributed by atoms with Crippen molar-refractivity contribution in [2.45, 2.75) is 20.3 Å². The van der Waals surface area contributed by atoms with E-state index in [1.165, 1.54) is 5.56 Å². The first-order valence-electron chi connectivity index (χ1n) is 5.09. The van der Waals surface area contributed by atoms with Gasteiger partial charge in [0.2, 0.25) is 0 Å². The van der Waals surface area contributed by atoms with Gasteiger partial charge in [0.15, 0.2) is 0 Å². The molecule has 0 aliphatic heterocycles. The topological polar surface area (TPSA) is 15.8 Å². The first kappa shape index (κ1) is 10.4. The summed E-state index contributed by atoms with van der Waals surface area (Å²) in [5, 5.41) is 1.49. The van der Waals surface area contributed by atoms with Gasteiger partial charge in [-0.05, 0) is 35.2 Å². The van der Waals surface area contributed by atoms with Crippen LogP contribution in [-0.2, 0) is 6.42 Å². The number of nitrogens with one attached hydrogen (secondary N) is 1. The molecule has 3 radical (unpaired) electrons. The van der Waals surface area contributed by atoms with Crippen LogP contribution in [0.25, 0.3) is 10.9 Å². The quantitative estimate of drug-likeness (QED) is 0.744. The van der Waals surface area contributed by atoms with Gasteiger partial charge in [-0.15, -0.1) is 0 Å². The number of hydrogen-bond donors (Lipinski definition) is 1. The third kappa shape index (κ3) is 1.97. The van der Waals surface area contributed by atoms with Gasteiger partial charge >= 0.3 is 0 Å². The molecule has 1 nitrogen and oxygen atoms in total. The first-order valence-corrected chi connectivity index (χ1v) is 5.59. The van der Waals surface area contributed by atoms with Crippen molar-refractivity contribution in [3.63, 3.8) is 0 Å². The Morgan fingerprint density at radius 3 is 2.80 bits per heavy atom. The van der Waals surface area contributed by atoms with E-state index in [1.807, 2.05) is 6.20 Å². The predicted octanol–water partition coefficient (Wildman–Crippen LogP) is 2.30. The molecule has 0 atom stereocenters. The highest BCUT2D eigenvalue weighted by atomic mass is 28.1. The fourth-order valence-corrected chi connectivity index (χ4v) is 2.03. The van der Waals surface area contributed by atoms with Crippen molar-refractivity contribution in [1.82, 2.24) is 4.98 Å². The molecular weight excluding hydrogens is 205 g/mol. The Hall–Kier alpha value is -1.09. The van der Waals surface area contributed by atoms with Crippen molar-refractivity contribution in [3.05, 3.63) is 29.7 Å². The van der Waals surface area contributed by atoms with Crippen LogP contribution < -0.4 is 5.19 Å². The van der Waals surface area contributed by atoms with E-state index in [9.17, 15) is 4.39 Å². The normalized spacial score (nSPS) is 11.5. The molecule has 15 heavy (non-hydrogen) atoms. The lowest BCUT2D eigenvalue weighted by Gasteiger charge is -2.03. The van der Waals surface area contributed by atoms with Crippen LogP contribution in [0.3, 0.4) is 0 Å². The van der Waals surface area contributed by atoms with Gasteiger partial charge in [0, 0.05) is 17.1 Å². The average Bonchev–Trinajstić information content (AvgIpc) is 2.49. The number of H-pyrrole nitrogens is 1. The summed E-state index contributed by atoms with van der Waals surface area (Å²) in [6, 6.07) is 3.37. The Morgan fingerprint density at radius 2 is 2.13 bits per heavy atom. The molecule has 0 aliphatic carbocycles. The van der Waals surface area contributed by atoms with Crippen LogP contribution in [0.5, 0.6) is 0 Å². The number of halogens is 1. The molecule has 1 aromatic heterocycles. The molecule has 0 amide bonds. The lowest BCUT2D eigenvalue weighted by molar-refractivity contribution is 0.636. The summed E-state index contributed by atoms with van der Waals surface area (Å²) in [5.41, 5.74) is 2.17. The molecule has 1 heterocycles. The van der Waals surface area contributed by atoms with Crippen molar-refractivity contribution in [3.8, 4) is 0 Å². The molecule has 0 saturated carbocycles. The van der Waals surface area contributed by atoms with Crippen molar-refractivity contribution >= 4 is 26.3 Å². The van der Waals surface area contributed by atoms with E-state index in [0.29, 0.717) is 11.1 Å². The maximum Gasteiger partial charge on any atom is 0.122 e. The van der Waals surface area contributed by atoms with Crippen LogP contribution in [0, 0.1) is 11.7 Å². The third-order valence-corrected chi connectivity index (χ3v) is 2.87. The molecule has 2 rings (SSSR count). The smallest absolute Gasteiger partial charge is 0.122 e. The van der Waals surface area contributed by atoms with E-state index in [1.54, 1.807) is 12.1 Å². The SMILES string of the molecule is CC(C)Cc1c[nH]c2cc([Si])c(F)cc12. The van der Waals surface area contributed by atoms with Crippen LogP contribution in [0.4, 0.5) is 4.39 Å². The highest BCUT2D eigenvalue weighted by Gasteiger charge is 2.08. The Labute approximate surface area is 92.1 Å². The molecule has 3 heteroatoms. The lowest BCUT2D eigenvalue weighted by atomic mass is 10.0. The van der Waals surface area contributed by atoms with E-state index in [0.717, 1.165) is 17.3 Å². The molecule has 0 saturated heterocycles. The molecule has 0 spiro atoms. The van der Waals surface area contributed by atoms with E-state index in [4.69, 9.17) is 0 Å². The van der Waals surface area contributed by atoms with Crippen LogP contribution in [0.1, 0.15) is 19.4 Å². The summed E-state index contributed by atoms with van der Waals surface area (Å²) in [6.45, 7) is 4.32. The monoisotopic (exact) mass is 218 g/mol. The van der Waals surface area contributed by atoms with Crippen molar-refractivity contribution in [2.75, 3.05) is 0 Å². The summed E-state index contributed by atoms with van der Waals surface area (Å²) < 4.78 is 13.4. The summed E-state index contributed by atoms with van der Waals surface area (Å²) >= 11 is 0. The lowest BCUT2D eigenvalue weighted by Crippen LogP contribution is -2.07. The summed E-state index contributed by atoms with van der Waals surface area (Å²) in [4.78, 5) is 3.16. The van der Waals surface area contributed by atoms with Crippen LogP contribution in [0.15, 0.2) is 18.3 Å². The minimum absolute atomic E-state index is 0.205. The Morgan fingerprint density at radius 1 is 1.40 bits per heavy atom. The highest BCUT2D eigenvalue weighted by molar-refractivity contribution is 6.33. The van der Waals surface area contributed by atoms with Gasteiger partial charge in [-0.2, -0.15) is 0 Å². The van der Waals surface area contributed by atoms with Gasteiger partial charge < -0.3 is 4.98 Å². The number of aromatic amines is 1. The van der Waals surface area contributed by atoms with Crippen molar-refractivity contribution < 1.29 is 4.39 Å². The van der Waals surface area contributed by atoms with E-state index < -0.39 is 0 Å². The van der Waals surface area contributed by atoms with Gasteiger partial charge in [-0.25, -0.2) is 4.39 Å². The molecule has 2 aromatic rings. The van der Waals surface area contributed by atoms with Crippen LogP contribution in [-0.4, -0.2) is 15.2 Å². The molecule has 0 fully saturated rings. The predicted molar refractivity (Wildman–Crippen MR) is 62.2 cm³/mol. The summed E-state index contributed by atoms with van der Waals surface area (Å²) in [7, 11) is 3.23. The van der Waals surface area contributed by atoms with Crippen molar-refractivity contribution in [1.29, 1.82) is 0 Å². The Kier molecular flexibility index (Phi) is 2.65. The highest BCUT2D eigenvalue weighted by Crippen LogP contribution is 2.20. The van der Waals surface area contributed by atoms with Crippen LogP contribution in [0.2, 0.25) is 0 Å². The van der Waals surface area contributed by atoms with Crippen molar-refractivity contribution in [2.24, 2.45) is 5.92 Å². The molecule has 0 bridgehead atoms. The minimum atomic E-state index is -0.205. The minimum Gasteiger partial charge on any atom is -0.361 e. The zero-order chi connectivity index (χ0) is 11.0. The fraction of sp³-hybridized carbons (Fsp3) is 0.333. The van der Waals surface area contributed by atoms with Crippen LogP contribution >= 0.6 is 0 Å². The number of hydrogen-bond acceptors (Lipinski definition) is 0. The number of fused-ring (bicyclic) bond motifs is 1. The summed E-state index contributed by atoms with van der Waals surface area (Å²) in [5.74, 6) is 0.374. The fourth-order valence-electron chi connectivity index (χ4n) is 1.81. The molecule has 1 aromatic carbocycles. The molecule has 0 aliphatic rings. The van der Waals surface area contributed by atoms with Gasteiger partial charge in [0.05, 0.1) is 10.2 Å². The molecule has 1 N–H and O–H groups in total. The number of benzene rings is 1. The van der Waals surface area contributed by atoms with Gasteiger partial charge in [0.25, 0.3) is 0 Å². The van der Waals surface area contributed by atoms with E-state index in [-0.39, 0.29) is 5.82 Å². The van der Waals surface area contributed by atoms with Gasteiger partial charge in [-0.1, -0.05) is 13.8 Å². The van der Waals surface area contributed by atoms with E-state index >= 15 is 0 Å². The maximum absolute atomic E-state index is 13.4. The Balaban J connectivity index is 2.54. The summed E-state index contributed by atoms with van der Waals surface area (Å²) in [6.07, 6.45) is 2.94. The average molecular weight is 218 g/mol. The molecular formula is C12H13FNSi. The van der Waals surface area contributed by atoms with Gasteiger partial charge in [-0.3, -0.25) is 0 Å². The second-order valence-electron chi connectivity index (χ2n) is 4.29. The first-order chi connectivity index (χ1) is 7.08. The Bertz CT molecular complexity index is 488. The second-order valence-corrected chi connectivity index (χ2v) is 4.83. The second kappa shape index (κ2) is 3.81. The maximum atomic E-state index is 13.4. The van der Waals surface area contributed by atoms with Gasteiger partial charge in [0.1, 0.15) is 5.82 Å². The largest absolute Gasteiger partial charge is 0.361 e. The number of aromatic nitrogens is 1. The zero-order valence-corrected chi connectivity index (χ0v) is 9.89.